The van der Waals surface area contributed by atoms with Crippen LogP contribution >= 0.6 is 0 Å². The minimum absolute atomic E-state index is 0.0123. The molecule has 0 saturated carbocycles. The summed E-state index contributed by atoms with van der Waals surface area (Å²) in [5, 5.41) is 20.1. The number of hydrogen-bond acceptors (Lipinski definition) is 6. The molecule has 0 heterocycles. The van der Waals surface area contributed by atoms with Gasteiger partial charge in [0.2, 0.25) is 9.84 Å². The van der Waals surface area contributed by atoms with E-state index in [1.807, 2.05) is 30.3 Å². The van der Waals surface area contributed by atoms with Crippen LogP contribution in [0.15, 0.2) is 64.4 Å². The first kappa shape index (κ1) is 20.5. The Morgan fingerprint density at radius 1 is 0.828 bits per heavy atom. The summed E-state index contributed by atoms with van der Waals surface area (Å²) in [7, 11) is -2.67. The summed E-state index contributed by atoms with van der Waals surface area (Å²) in [6.07, 6.45) is 0. The predicted octanol–water partition coefficient (Wildman–Crippen LogP) is 4.14. The van der Waals surface area contributed by atoms with Crippen LogP contribution in [0.1, 0.15) is 16.7 Å². The lowest BCUT2D eigenvalue weighted by Gasteiger charge is -2.15. The zero-order valence-electron chi connectivity index (χ0n) is 16.3. The van der Waals surface area contributed by atoms with Crippen molar-refractivity contribution >= 4 is 9.84 Å². The Hall–Kier alpha value is -3.19. The Morgan fingerprint density at radius 2 is 1.52 bits per heavy atom. The monoisotopic (exact) mass is 414 g/mol. The number of ether oxygens (including phenoxy) is 2. The van der Waals surface area contributed by atoms with E-state index in [0.29, 0.717) is 11.1 Å². The van der Waals surface area contributed by atoms with Crippen LogP contribution in [-0.4, -0.2) is 25.7 Å². The van der Waals surface area contributed by atoms with Crippen molar-refractivity contribution in [3.8, 4) is 23.0 Å². The van der Waals surface area contributed by atoms with Gasteiger partial charge in [-0.15, -0.1) is 0 Å². The molecule has 0 atom stereocenters. The minimum Gasteiger partial charge on any atom is -0.508 e. The molecular formula is C22H22O6S. The highest BCUT2D eigenvalue weighted by atomic mass is 32.2. The first-order valence-corrected chi connectivity index (χ1v) is 10.4. The maximum atomic E-state index is 13.3. The average molecular weight is 414 g/mol. The summed E-state index contributed by atoms with van der Waals surface area (Å²) >= 11 is 0. The second-order valence-corrected chi connectivity index (χ2v) is 8.54. The van der Waals surface area contributed by atoms with Crippen LogP contribution in [0, 0.1) is 13.8 Å². The molecule has 3 aromatic carbocycles. The summed E-state index contributed by atoms with van der Waals surface area (Å²) < 4.78 is 37.5. The zero-order valence-corrected chi connectivity index (χ0v) is 17.2. The zero-order chi connectivity index (χ0) is 21.2. The molecule has 0 aliphatic heterocycles. The average Bonchev–Trinajstić information content (AvgIpc) is 2.69. The first-order chi connectivity index (χ1) is 13.7. The summed E-state index contributed by atoms with van der Waals surface area (Å²) in [4.78, 5) is -0.0835. The smallest absolute Gasteiger partial charge is 0.210 e. The minimum atomic E-state index is -4.00. The number of aryl methyl sites for hydroxylation is 2. The third kappa shape index (κ3) is 4.14. The van der Waals surface area contributed by atoms with Gasteiger partial charge in [0.25, 0.3) is 0 Å². The number of aromatic hydroxyl groups is 2. The molecule has 0 saturated heterocycles. The Labute approximate surface area is 169 Å². The third-order valence-electron chi connectivity index (χ3n) is 4.55. The van der Waals surface area contributed by atoms with E-state index >= 15 is 0 Å². The van der Waals surface area contributed by atoms with E-state index in [2.05, 4.69) is 0 Å². The van der Waals surface area contributed by atoms with Crippen LogP contribution in [0.2, 0.25) is 0 Å². The molecule has 0 radical (unpaired) electrons. The molecule has 2 N–H and O–H groups in total. The van der Waals surface area contributed by atoms with E-state index in [1.165, 1.54) is 31.4 Å². The van der Waals surface area contributed by atoms with E-state index in [-0.39, 0.29) is 39.4 Å². The van der Waals surface area contributed by atoms with Gasteiger partial charge in [0, 0.05) is 12.1 Å². The predicted molar refractivity (Wildman–Crippen MR) is 108 cm³/mol. The molecule has 3 rings (SSSR count). The summed E-state index contributed by atoms with van der Waals surface area (Å²) in [5.74, 6) is -0.110. The lowest BCUT2D eigenvalue weighted by molar-refractivity contribution is 0.288. The van der Waals surface area contributed by atoms with Gasteiger partial charge >= 0.3 is 0 Å². The number of hydrogen-bond donors (Lipinski definition) is 2. The van der Waals surface area contributed by atoms with E-state index in [0.717, 1.165) is 5.56 Å². The van der Waals surface area contributed by atoms with Gasteiger partial charge in [0.1, 0.15) is 23.0 Å². The van der Waals surface area contributed by atoms with Crippen molar-refractivity contribution < 1.29 is 28.1 Å². The van der Waals surface area contributed by atoms with Crippen molar-refractivity contribution in [2.24, 2.45) is 0 Å². The van der Waals surface area contributed by atoms with Crippen molar-refractivity contribution in [3.05, 3.63) is 71.3 Å². The van der Waals surface area contributed by atoms with Crippen LogP contribution in [-0.2, 0) is 16.4 Å². The largest absolute Gasteiger partial charge is 0.508 e. The summed E-state index contributed by atoms with van der Waals surface area (Å²) in [5.41, 5.74) is 1.65. The highest BCUT2D eigenvalue weighted by Crippen LogP contribution is 2.39. The van der Waals surface area contributed by atoms with Gasteiger partial charge in [0.15, 0.2) is 11.5 Å². The van der Waals surface area contributed by atoms with E-state index in [1.54, 1.807) is 13.8 Å². The van der Waals surface area contributed by atoms with Gasteiger partial charge in [-0.2, -0.15) is 0 Å². The highest BCUT2D eigenvalue weighted by Gasteiger charge is 2.27. The number of phenolic OH excluding ortho intramolecular Hbond substituents is 2. The fourth-order valence-corrected chi connectivity index (χ4v) is 4.65. The van der Waals surface area contributed by atoms with Crippen molar-refractivity contribution in [1.82, 2.24) is 0 Å². The van der Waals surface area contributed by atoms with Crippen LogP contribution in [0.5, 0.6) is 23.0 Å². The molecule has 0 aliphatic carbocycles. The second kappa shape index (κ2) is 8.05. The van der Waals surface area contributed by atoms with Gasteiger partial charge in [-0.25, -0.2) is 8.42 Å². The van der Waals surface area contributed by atoms with E-state index in [4.69, 9.17) is 9.47 Å². The molecule has 0 aromatic heterocycles. The first-order valence-electron chi connectivity index (χ1n) is 8.87. The Morgan fingerprint density at radius 3 is 2.17 bits per heavy atom. The molecule has 0 amide bonds. The molecule has 29 heavy (non-hydrogen) atoms. The molecule has 152 valence electrons. The normalized spacial score (nSPS) is 11.3. The molecule has 0 unspecified atom stereocenters. The maximum absolute atomic E-state index is 13.3. The molecule has 0 fully saturated rings. The molecule has 7 heteroatoms. The van der Waals surface area contributed by atoms with Crippen molar-refractivity contribution in [2.45, 2.75) is 30.2 Å². The Balaban J connectivity index is 2.05. The number of methoxy groups -OCH3 is 1. The van der Waals surface area contributed by atoms with Crippen molar-refractivity contribution in [1.29, 1.82) is 0 Å². The molecular weight excluding hydrogens is 392 g/mol. The number of rotatable bonds is 6. The molecule has 0 aliphatic rings. The van der Waals surface area contributed by atoms with Crippen molar-refractivity contribution in [2.75, 3.05) is 7.11 Å². The quantitative estimate of drug-likeness (QED) is 0.630. The van der Waals surface area contributed by atoms with Crippen molar-refractivity contribution in [3.63, 3.8) is 0 Å². The molecule has 6 nitrogen and oxygen atoms in total. The molecule has 0 spiro atoms. The third-order valence-corrected chi connectivity index (χ3v) is 6.47. The highest BCUT2D eigenvalue weighted by molar-refractivity contribution is 7.91. The second-order valence-electron chi connectivity index (χ2n) is 6.65. The maximum Gasteiger partial charge on any atom is 0.210 e. The number of phenols is 2. The lowest BCUT2D eigenvalue weighted by Crippen LogP contribution is -2.07. The van der Waals surface area contributed by atoms with Gasteiger partial charge in [-0.1, -0.05) is 30.3 Å². The van der Waals surface area contributed by atoms with Gasteiger partial charge in [-0.3, -0.25) is 0 Å². The number of sulfone groups is 1. The standard InChI is InChI=1S/C22H22O6S/c1-14-10-22(20(27-3)11-17(14)23)29(25,26)21-12-19(18(24)9-15(21)2)28-13-16-7-5-4-6-8-16/h4-12,23-24H,13H2,1-3H3. The van der Waals surface area contributed by atoms with Crippen LogP contribution in [0.4, 0.5) is 0 Å². The van der Waals surface area contributed by atoms with Crippen LogP contribution < -0.4 is 9.47 Å². The fraction of sp³-hybridized carbons (Fsp3) is 0.182. The van der Waals surface area contributed by atoms with Crippen LogP contribution in [0.25, 0.3) is 0 Å². The molecule has 0 bridgehead atoms. The lowest BCUT2D eigenvalue weighted by atomic mass is 10.2. The van der Waals surface area contributed by atoms with Gasteiger partial charge in [-0.05, 0) is 42.7 Å². The SMILES string of the molecule is COc1cc(O)c(C)cc1S(=O)(=O)c1cc(OCc2ccccc2)c(O)cc1C. The van der Waals surface area contributed by atoms with Gasteiger partial charge < -0.3 is 19.7 Å². The summed E-state index contributed by atoms with van der Waals surface area (Å²) in [6, 6.07) is 14.6. The Bertz CT molecular complexity index is 1140. The van der Waals surface area contributed by atoms with E-state index < -0.39 is 9.84 Å². The fourth-order valence-electron chi connectivity index (χ4n) is 2.93. The van der Waals surface area contributed by atoms with E-state index in [9.17, 15) is 18.6 Å². The number of benzene rings is 3. The summed E-state index contributed by atoms with van der Waals surface area (Å²) in [6.45, 7) is 3.37. The topological polar surface area (TPSA) is 93.1 Å². The molecule has 3 aromatic rings. The van der Waals surface area contributed by atoms with Gasteiger partial charge in [0.05, 0.1) is 12.0 Å². The van der Waals surface area contributed by atoms with Crippen LogP contribution in [0.3, 0.4) is 0 Å². The Kier molecular flexibility index (Phi) is 5.70.